The number of carbonyl (C=O) groups is 1. The van der Waals surface area contributed by atoms with Crippen molar-refractivity contribution in [1.82, 2.24) is 19.7 Å². The molecule has 32 heavy (non-hydrogen) atoms. The third kappa shape index (κ3) is 6.43. The minimum Gasteiger partial charge on any atom is -0.496 e. The normalized spacial score (nSPS) is 16.7. The zero-order valence-corrected chi connectivity index (χ0v) is 19.8. The first-order valence-electron chi connectivity index (χ1n) is 11.3. The smallest absolute Gasteiger partial charge is 0.259 e. The second-order valence-corrected chi connectivity index (χ2v) is 8.67. The van der Waals surface area contributed by atoms with E-state index in [1.54, 1.807) is 32.5 Å². The molecule has 174 valence electrons. The van der Waals surface area contributed by atoms with Crippen LogP contribution in [0.3, 0.4) is 0 Å². The van der Waals surface area contributed by atoms with Crippen molar-refractivity contribution >= 4 is 5.91 Å². The van der Waals surface area contributed by atoms with E-state index in [-0.39, 0.29) is 5.91 Å². The first-order valence-corrected chi connectivity index (χ1v) is 11.3. The number of benzene rings is 1. The molecule has 0 bridgehead atoms. The largest absolute Gasteiger partial charge is 0.496 e. The molecule has 1 aromatic carbocycles. The number of aromatic nitrogens is 1. The van der Waals surface area contributed by atoms with Crippen molar-refractivity contribution in [2.45, 2.75) is 19.4 Å². The molecule has 7 heteroatoms. The lowest BCUT2D eigenvalue weighted by Crippen LogP contribution is -2.44. The molecule has 1 fully saturated rings. The zero-order valence-electron chi connectivity index (χ0n) is 19.8. The van der Waals surface area contributed by atoms with Gasteiger partial charge in [0, 0.05) is 44.5 Å². The number of pyridine rings is 1. The molecule has 1 aromatic heterocycles. The molecular weight excluding hydrogens is 404 g/mol. The molecule has 0 N–H and O–H groups in total. The molecule has 2 heterocycles. The molecule has 3 rings (SSSR count). The van der Waals surface area contributed by atoms with E-state index in [1.807, 2.05) is 31.1 Å². The number of para-hydroxylation sites is 1. The van der Waals surface area contributed by atoms with Crippen LogP contribution in [-0.4, -0.2) is 86.6 Å². The van der Waals surface area contributed by atoms with E-state index < -0.39 is 0 Å². The van der Waals surface area contributed by atoms with Crippen LogP contribution in [0.1, 0.15) is 28.8 Å². The van der Waals surface area contributed by atoms with Crippen molar-refractivity contribution in [3.63, 3.8) is 0 Å². The van der Waals surface area contributed by atoms with Gasteiger partial charge in [0.1, 0.15) is 11.3 Å². The average molecular weight is 441 g/mol. The van der Waals surface area contributed by atoms with Crippen LogP contribution in [0.4, 0.5) is 0 Å². The van der Waals surface area contributed by atoms with Gasteiger partial charge in [-0.25, -0.2) is 4.98 Å². The van der Waals surface area contributed by atoms with E-state index in [9.17, 15) is 4.79 Å². The Hall–Kier alpha value is -2.64. The number of carbonyl (C=O) groups excluding carboxylic acids is 1. The summed E-state index contributed by atoms with van der Waals surface area (Å²) in [6, 6.07) is 11.8. The average Bonchev–Trinajstić information content (AvgIpc) is 2.81. The van der Waals surface area contributed by atoms with Crippen LogP contribution < -0.4 is 9.47 Å². The summed E-state index contributed by atoms with van der Waals surface area (Å²) in [5.74, 6) is 1.72. The molecule has 0 radical (unpaired) electrons. The van der Waals surface area contributed by atoms with Crippen LogP contribution >= 0.6 is 0 Å². The Labute approximate surface area is 191 Å². The van der Waals surface area contributed by atoms with Gasteiger partial charge in [-0.2, -0.15) is 0 Å². The summed E-state index contributed by atoms with van der Waals surface area (Å²) in [6.07, 6.45) is 3.90. The fourth-order valence-corrected chi connectivity index (χ4v) is 4.31. The molecule has 1 atom stereocenters. The number of piperidine rings is 1. The quantitative estimate of drug-likeness (QED) is 0.566. The van der Waals surface area contributed by atoms with E-state index >= 15 is 0 Å². The Kier molecular flexibility index (Phi) is 8.88. The summed E-state index contributed by atoms with van der Waals surface area (Å²) in [6.45, 7) is 5.11. The van der Waals surface area contributed by atoms with E-state index in [4.69, 9.17) is 9.47 Å². The summed E-state index contributed by atoms with van der Waals surface area (Å²) in [5.41, 5.74) is 1.73. The number of hydrogen-bond acceptors (Lipinski definition) is 6. The highest BCUT2D eigenvalue weighted by Gasteiger charge is 2.27. The van der Waals surface area contributed by atoms with Crippen molar-refractivity contribution in [1.29, 1.82) is 0 Å². The Balaban J connectivity index is 1.70. The Morgan fingerprint density at radius 3 is 2.69 bits per heavy atom. The first-order chi connectivity index (χ1) is 15.5. The number of ether oxygens (including phenoxy) is 2. The minimum absolute atomic E-state index is 0.0151. The van der Waals surface area contributed by atoms with Crippen molar-refractivity contribution in [3.8, 4) is 11.6 Å². The van der Waals surface area contributed by atoms with Gasteiger partial charge in [0.15, 0.2) is 0 Å². The monoisotopic (exact) mass is 440 g/mol. The lowest BCUT2D eigenvalue weighted by molar-refractivity contribution is 0.0656. The van der Waals surface area contributed by atoms with Gasteiger partial charge in [-0.15, -0.1) is 0 Å². The number of rotatable bonds is 10. The molecule has 1 amide bonds. The Morgan fingerprint density at radius 2 is 1.94 bits per heavy atom. The molecule has 7 nitrogen and oxygen atoms in total. The SMILES string of the molecule is COc1ccccc1CN1CCCC(CN(CCN(C)C)C(=O)c2cccnc2OC)C1. The molecule has 1 aliphatic rings. The van der Waals surface area contributed by atoms with Crippen LogP contribution in [-0.2, 0) is 6.54 Å². The van der Waals surface area contributed by atoms with Gasteiger partial charge in [-0.1, -0.05) is 18.2 Å². The van der Waals surface area contributed by atoms with Crippen LogP contribution in [0.2, 0.25) is 0 Å². The lowest BCUT2D eigenvalue weighted by atomic mass is 9.96. The summed E-state index contributed by atoms with van der Waals surface area (Å²) in [5, 5.41) is 0. The number of nitrogens with zero attached hydrogens (tertiary/aromatic N) is 4. The van der Waals surface area contributed by atoms with Crippen LogP contribution in [0.15, 0.2) is 42.6 Å². The van der Waals surface area contributed by atoms with Gasteiger partial charge in [0.05, 0.1) is 14.2 Å². The second kappa shape index (κ2) is 11.8. The molecule has 0 spiro atoms. The topological polar surface area (TPSA) is 58.1 Å². The molecule has 2 aromatic rings. The number of hydrogen-bond donors (Lipinski definition) is 0. The third-order valence-corrected chi connectivity index (χ3v) is 5.97. The van der Waals surface area contributed by atoms with E-state index in [1.165, 1.54) is 5.56 Å². The van der Waals surface area contributed by atoms with Gasteiger partial charge in [0.25, 0.3) is 5.91 Å². The molecular formula is C25H36N4O3. The Morgan fingerprint density at radius 1 is 1.12 bits per heavy atom. The highest BCUT2D eigenvalue weighted by molar-refractivity contribution is 5.96. The summed E-state index contributed by atoms with van der Waals surface area (Å²) >= 11 is 0. The van der Waals surface area contributed by atoms with Crippen LogP contribution in [0.25, 0.3) is 0 Å². The molecule has 0 aliphatic carbocycles. The highest BCUT2D eigenvalue weighted by Crippen LogP contribution is 2.25. The first kappa shape index (κ1) is 24.0. The predicted octanol–water partition coefficient (Wildman–Crippen LogP) is 3.01. The van der Waals surface area contributed by atoms with Crippen molar-refractivity contribution in [3.05, 3.63) is 53.7 Å². The molecule has 1 aliphatic heterocycles. The maximum atomic E-state index is 13.4. The molecule has 0 saturated carbocycles. The van der Waals surface area contributed by atoms with E-state index in [0.717, 1.165) is 51.3 Å². The third-order valence-electron chi connectivity index (χ3n) is 5.97. The van der Waals surface area contributed by atoms with E-state index in [0.29, 0.717) is 23.9 Å². The summed E-state index contributed by atoms with van der Waals surface area (Å²) in [7, 11) is 7.34. The number of methoxy groups -OCH3 is 2. The van der Waals surface area contributed by atoms with Crippen LogP contribution in [0, 0.1) is 5.92 Å². The van der Waals surface area contributed by atoms with Gasteiger partial charge < -0.3 is 19.3 Å². The van der Waals surface area contributed by atoms with Gasteiger partial charge in [0.2, 0.25) is 5.88 Å². The molecule has 1 unspecified atom stereocenters. The summed E-state index contributed by atoms with van der Waals surface area (Å²) < 4.78 is 10.9. The second-order valence-electron chi connectivity index (χ2n) is 8.67. The van der Waals surface area contributed by atoms with Crippen LogP contribution in [0.5, 0.6) is 11.6 Å². The number of likely N-dealkylation sites (N-methyl/N-ethyl adjacent to an activating group) is 1. The van der Waals surface area contributed by atoms with Crippen molar-refractivity contribution in [2.75, 3.05) is 61.0 Å². The predicted molar refractivity (Wildman–Crippen MR) is 126 cm³/mol. The Bertz CT molecular complexity index is 874. The minimum atomic E-state index is -0.0151. The van der Waals surface area contributed by atoms with Gasteiger partial charge in [-0.05, 0) is 57.6 Å². The maximum Gasteiger partial charge on any atom is 0.259 e. The molecule has 1 saturated heterocycles. The van der Waals surface area contributed by atoms with Crippen molar-refractivity contribution in [2.24, 2.45) is 5.92 Å². The zero-order chi connectivity index (χ0) is 22.9. The van der Waals surface area contributed by atoms with Gasteiger partial charge in [-0.3, -0.25) is 9.69 Å². The van der Waals surface area contributed by atoms with Gasteiger partial charge >= 0.3 is 0 Å². The number of amides is 1. The maximum absolute atomic E-state index is 13.4. The van der Waals surface area contributed by atoms with E-state index in [2.05, 4.69) is 26.9 Å². The number of likely N-dealkylation sites (tertiary alicyclic amines) is 1. The fourth-order valence-electron chi connectivity index (χ4n) is 4.31. The summed E-state index contributed by atoms with van der Waals surface area (Å²) in [4.78, 5) is 24.2. The lowest BCUT2D eigenvalue weighted by Gasteiger charge is -2.36. The fraction of sp³-hybridized carbons (Fsp3) is 0.520. The standard InChI is InChI=1S/C25H36N4O3/c1-27(2)15-16-29(25(30)22-11-7-13-26-24(22)32-4)18-20-9-8-14-28(17-20)19-21-10-5-6-12-23(21)31-3/h5-7,10-13,20H,8-9,14-19H2,1-4H3. The highest BCUT2D eigenvalue weighted by atomic mass is 16.5. The van der Waals surface area contributed by atoms with Crippen molar-refractivity contribution < 1.29 is 14.3 Å².